The van der Waals surface area contributed by atoms with Gasteiger partial charge in [0.05, 0.1) is 10.7 Å². The average Bonchev–Trinajstić information content (AvgIpc) is 2.63. The van der Waals surface area contributed by atoms with Crippen LogP contribution in [0.3, 0.4) is 0 Å². The monoisotopic (exact) mass is 506 g/mol. The number of hydrogen-bond donors (Lipinski definition) is 2. The van der Waals surface area contributed by atoms with Gasteiger partial charge in [-0.3, -0.25) is 4.79 Å². The molecule has 0 radical (unpaired) electrons. The van der Waals surface area contributed by atoms with E-state index in [9.17, 15) is 14.9 Å². The van der Waals surface area contributed by atoms with Crippen molar-refractivity contribution in [3.05, 3.63) is 56.2 Å². The number of carbonyl (C=O) groups is 2. The van der Waals surface area contributed by atoms with Crippen LogP contribution in [-0.2, 0) is 9.59 Å². The van der Waals surface area contributed by atoms with Gasteiger partial charge in [-0.25, -0.2) is 4.79 Å². The lowest BCUT2D eigenvalue weighted by Gasteiger charge is -2.12. The number of anilines is 1. The summed E-state index contributed by atoms with van der Waals surface area (Å²) < 4.78 is 11.1. The molecule has 2 N–H and O–H groups in total. The Morgan fingerprint density at radius 2 is 1.86 bits per heavy atom. The second-order valence-corrected chi connectivity index (χ2v) is 7.38. The van der Waals surface area contributed by atoms with Crippen LogP contribution in [0.4, 0.5) is 5.69 Å². The molecular formula is C21H19IN2O5. The first-order valence-corrected chi connectivity index (χ1v) is 9.55. The van der Waals surface area contributed by atoms with Crippen LogP contribution in [0.15, 0.2) is 35.9 Å². The number of aliphatic carboxylic acids is 1. The van der Waals surface area contributed by atoms with E-state index in [0.717, 1.165) is 11.1 Å². The lowest BCUT2D eigenvalue weighted by molar-refractivity contribution is -0.139. The van der Waals surface area contributed by atoms with Crippen molar-refractivity contribution in [1.82, 2.24) is 0 Å². The fraction of sp³-hybridized carbons (Fsp3) is 0.190. The van der Waals surface area contributed by atoms with Crippen molar-refractivity contribution < 1.29 is 24.2 Å². The Labute approximate surface area is 182 Å². The van der Waals surface area contributed by atoms with Gasteiger partial charge in [0.25, 0.3) is 5.91 Å². The minimum absolute atomic E-state index is 0.0822. The smallest absolute Gasteiger partial charge is 0.341 e. The van der Waals surface area contributed by atoms with Gasteiger partial charge in [-0.15, -0.1) is 0 Å². The summed E-state index contributed by atoms with van der Waals surface area (Å²) in [6.45, 7) is 3.33. The molecule has 0 bridgehead atoms. The number of nitriles is 1. The zero-order valence-electron chi connectivity index (χ0n) is 16.1. The number of nitrogens with one attached hydrogen (secondary N) is 1. The third-order valence-corrected chi connectivity index (χ3v) is 4.55. The van der Waals surface area contributed by atoms with E-state index >= 15 is 0 Å². The van der Waals surface area contributed by atoms with E-state index in [-0.39, 0.29) is 11.3 Å². The number of carboxylic acid groups (broad SMARTS) is 1. The van der Waals surface area contributed by atoms with Crippen molar-refractivity contribution in [2.45, 2.75) is 13.8 Å². The first kappa shape index (κ1) is 22.2. The quantitative estimate of drug-likeness (QED) is 0.335. The number of amides is 1. The number of rotatable bonds is 7. The van der Waals surface area contributed by atoms with Crippen LogP contribution in [0.5, 0.6) is 11.5 Å². The van der Waals surface area contributed by atoms with E-state index in [2.05, 4.69) is 5.32 Å². The molecule has 0 heterocycles. The Morgan fingerprint density at radius 3 is 2.41 bits per heavy atom. The molecule has 0 fully saturated rings. The Balaban J connectivity index is 2.31. The highest BCUT2D eigenvalue weighted by atomic mass is 127. The van der Waals surface area contributed by atoms with Crippen LogP contribution in [0.25, 0.3) is 6.08 Å². The van der Waals surface area contributed by atoms with E-state index in [0.29, 0.717) is 20.6 Å². The number of carbonyl (C=O) groups excluding carboxylic acids is 1. The molecule has 150 valence electrons. The summed E-state index contributed by atoms with van der Waals surface area (Å²) in [5.74, 6) is -1.05. The molecule has 0 aliphatic carbocycles. The SMILES string of the molecule is COc1cc(/C=C(/C#N)C(=O)Nc2cc(C)cc(C)c2)cc(I)c1OCC(=O)O. The predicted octanol–water partition coefficient (Wildman–Crippen LogP) is 3.93. The summed E-state index contributed by atoms with van der Waals surface area (Å²) in [6, 6.07) is 10.8. The average molecular weight is 506 g/mol. The zero-order valence-corrected chi connectivity index (χ0v) is 18.2. The van der Waals surface area contributed by atoms with E-state index in [1.807, 2.05) is 60.7 Å². The Bertz CT molecular complexity index is 1000. The number of carboxylic acids is 1. The van der Waals surface area contributed by atoms with Crippen LogP contribution < -0.4 is 14.8 Å². The molecule has 0 aliphatic rings. The lowest BCUT2D eigenvalue weighted by atomic mass is 10.1. The number of nitrogens with zero attached hydrogens (tertiary/aromatic N) is 1. The van der Waals surface area contributed by atoms with E-state index in [1.54, 1.807) is 12.1 Å². The van der Waals surface area contributed by atoms with E-state index < -0.39 is 18.5 Å². The first-order valence-electron chi connectivity index (χ1n) is 8.47. The van der Waals surface area contributed by atoms with Crippen LogP contribution in [0, 0.1) is 28.7 Å². The normalized spacial score (nSPS) is 10.8. The maximum Gasteiger partial charge on any atom is 0.341 e. The molecular weight excluding hydrogens is 487 g/mol. The van der Waals surface area contributed by atoms with Gasteiger partial charge in [-0.1, -0.05) is 6.07 Å². The summed E-state index contributed by atoms with van der Waals surface area (Å²) >= 11 is 1.97. The first-order chi connectivity index (χ1) is 13.7. The minimum atomic E-state index is -1.11. The molecule has 0 spiro atoms. The third kappa shape index (κ3) is 6.22. The molecule has 0 saturated heterocycles. The molecule has 2 aromatic carbocycles. The second-order valence-electron chi connectivity index (χ2n) is 6.22. The van der Waals surface area contributed by atoms with Gasteiger partial charge in [0.2, 0.25) is 0 Å². The maximum absolute atomic E-state index is 12.5. The van der Waals surface area contributed by atoms with Crippen LogP contribution in [0.2, 0.25) is 0 Å². The Hall–Kier alpha value is -3.06. The lowest BCUT2D eigenvalue weighted by Crippen LogP contribution is -2.13. The molecule has 2 rings (SSSR count). The van der Waals surface area contributed by atoms with E-state index in [1.165, 1.54) is 13.2 Å². The van der Waals surface area contributed by atoms with Crippen molar-refractivity contribution in [2.24, 2.45) is 0 Å². The zero-order chi connectivity index (χ0) is 21.6. The van der Waals surface area contributed by atoms with Gasteiger partial charge < -0.3 is 19.9 Å². The molecule has 0 aromatic heterocycles. The second kappa shape index (κ2) is 9.93. The van der Waals surface area contributed by atoms with Gasteiger partial charge in [0.15, 0.2) is 18.1 Å². The van der Waals surface area contributed by atoms with Crippen molar-refractivity contribution in [3.63, 3.8) is 0 Å². The van der Waals surface area contributed by atoms with Gasteiger partial charge in [0, 0.05) is 5.69 Å². The third-order valence-electron chi connectivity index (χ3n) is 3.75. The number of ether oxygens (including phenoxy) is 2. The highest BCUT2D eigenvalue weighted by molar-refractivity contribution is 14.1. The molecule has 29 heavy (non-hydrogen) atoms. The molecule has 2 aromatic rings. The van der Waals surface area contributed by atoms with E-state index in [4.69, 9.17) is 14.6 Å². The number of aryl methyl sites for hydroxylation is 2. The Kier molecular flexibility index (Phi) is 7.61. The van der Waals surface area contributed by atoms with Crippen molar-refractivity contribution in [3.8, 4) is 17.6 Å². The predicted molar refractivity (Wildman–Crippen MR) is 117 cm³/mol. The maximum atomic E-state index is 12.5. The van der Waals surface area contributed by atoms with Crippen LogP contribution in [0.1, 0.15) is 16.7 Å². The largest absolute Gasteiger partial charge is 0.493 e. The summed E-state index contributed by atoms with van der Waals surface area (Å²) in [4.78, 5) is 23.3. The molecule has 8 heteroatoms. The summed E-state index contributed by atoms with van der Waals surface area (Å²) in [6.07, 6.45) is 1.43. The molecule has 0 atom stereocenters. The van der Waals surface area contributed by atoms with Gasteiger partial charge >= 0.3 is 5.97 Å². The van der Waals surface area contributed by atoms with Crippen molar-refractivity contribution >= 4 is 46.2 Å². The topological polar surface area (TPSA) is 109 Å². The molecule has 0 unspecified atom stereocenters. The van der Waals surface area contributed by atoms with Crippen molar-refractivity contribution in [2.75, 3.05) is 19.0 Å². The van der Waals surface area contributed by atoms with Gasteiger partial charge in [-0.2, -0.15) is 5.26 Å². The molecule has 7 nitrogen and oxygen atoms in total. The number of methoxy groups -OCH3 is 1. The van der Waals surface area contributed by atoms with Crippen molar-refractivity contribution in [1.29, 1.82) is 5.26 Å². The summed E-state index contributed by atoms with van der Waals surface area (Å²) in [7, 11) is 1.42. The summed E-state index contributed by atoms with van der Waals surface area (Å²) in [5.41, 5.74) is 3.07. The van der Waals surface area contributed by atoms with Gasteiger partial charge in [-0.05, 0) is 83.5 Å². The van der Waals surface area contributed by atoms with Gasteiger partial charge in [0.1, 0.15) is 11.6 Å². The minimum Gasteiger partial charge on any atom is -0.493 e. The fourth-order valence-electron chi connectivity index (χ4n) is 2.66. The molecule has 0 saturated carbocycles. The van der Waals surface area contributed by atoms with Crippen LogP contribution >= 0.6 is 22.6 Å². The van der Waals surface area contributed by atoms with Crippen LogP contribution in [-0.4, -0.2) is 30.7 Å². The number of benzene rings is 2. The fourth-order valence-corrected chi connectivity index (χ4v) is 3.44. The number of hydrogen-bond acceptors (Lipinski definition) is 5. The highest BCUT2D eigenvalue weighted by Crippen LogP contribution is 2.34. The summed E-state index contributed by atoms with van der Waals surface area (Å²) in [5, 5.41) is 21.0. The molecule has 0 aliphatic heterocycles. The standard InChI is InChI=1S/C21H19IN2O5/c1-12-4-13(2)6-16(5-12)24-21(27)15(10-23)7-14-8-17(22)20(18(9-14)28-3)29-11-19(25)26/h4-9H,11H2,1-3H3,(H,24,27)(H,25,26)/b15-7-. The number of halogens is 1. The highest BCUT2D eigenvalue weighted by Gasteiger charge is 2.15. The Morgan fingerprint density at radius 1 is 1.21 bits per heavy atom. The molecule has 1 amide bonds.